The lowest BCUT2D eigenvalue weighted by Crippen LogP contribution is -2.50. The van der Waals surface area contributed by atoms with Crippen molar-refractivity contribution < 1.29 is 9.59 Å². The first-order valence-corrected chi connectivity index (χ1v) is 14.4. The summed E-state index contributed by atoms with van der Waals surface area (Å²) in [7, 11) is 0. The molecule has 2 aliphatic rings. The lowest BCUT2D eigenvalue weighted by molar-refractivity contribution is -0.133. The summed E-state index contributed by atoms with van der Waals surface area (Å²) in [4.78, 5) is 30.8. The lowest BCUT2D eigenvalue weighted by Gasteiger charge is -2.29. The zero-order valence-electron chi connectivity index (χ0n) is 22.4. The number of nitrogens with zero attached hydrogens (tertiary/aromatic N) is 2. The third-order valence-electron chi connectivity index (χ3n) is 7.75. The molecular weight excluding hydrogens is 496 g/mol. The van der Waals surface area contributed by atoms with Gasteiger partial charge < -0.3 is 20.4 Å². The quantitative estimate of drug-likeness (QED) is 0.408. The van der Waals surface area contributed by atoms with Crippen LogP contribution in [0.4, 0.5) is 0 Å². The summed E-state index contributed by atoms with van der Waals surface area (Å²) in [6, 6.07) is 17.7. The number of hydrogen-bond donors (Lipinski definition) is 2. The second-order valence-corrected chi connectivity index (χ2v) is 10.9. The number of rotatable bonds is 11. The number of hydrogen-bond acceptors (Lipinski definition) is 4. The molecular formula is C31H41ClN4O2. The molecule has 2 amide bonds. The molecule has 0 bridgehead atoms. The molecule has 2 fully saturated rings. The predicted molar refractivity (Wildman–Crippen MR) is 155 cm³/mol. The number of nitrogens with one attached hydrogen (secondary N) is 2. The van der Waals surface area contributed by atoms with Crippen LogP contribution in [0.15, 0.2) is 60.7 Å². The highest BCUT2D eigenvalue weighted by molar-refractivity contribution is 6.30. The number of benzene rings is 2. The van der Waals surface area contributed by atoms with Gasteiger partial charge in [0.2, 0.25) is 11.8 Å². The molecule has 0 aliphatic carbocycles. The second-order valence-electron chi connectivity index (χ2n) is 10.5. The van der Waals surface area contributed by atoms with E-state index in [1.165, 1.54) is 18.4 Å². The highest BCUT2D eigenvalue weighted by Gasteiger charge is 2.32. The van der Waals surface area contributed by atoms with Crippen LogP contribution in [0.1, 0.15) is 56.1 Å². The van der Waals surface area contributed by atoms with Gasteiger partial charge in [0, 0.05) is 49.2 Å². The van der Waals surface area contributed by atoms with Crippen molar-refractivity contribution in [2.75, 3.05) is 39.3 Å². The number of likely N-dealkylation sites (tertiary alicyclic amines) is 1. The fourth-order valence-corrected chi connectivity index (χ4v) is 5.56. The molecule has 2 aromatic carbocycles. The number of amides is 2. The van der Waals surface area contributed by atoms with Crippen LogP contribution in [-0.4, -0.2) is 73.0 Å². The minimum absolute atomic E-state index is 0.0391. The van der Waals surface area contributed by atoms with E-state index in [0.29, 0.717) is 24.0 Å². The number of carbonyl (C=O) groups excluding carboxylic acids is 2. The van der Waals surface area contributed by atoms with Crippen LogP contribution in [0.3, 0.4) is 0 Å². The van der Waals surface area contributed by atoms with Crippen LogP contribution in [0.25, 0.3) is 6.08 Å². The molecule has 0 saturated carbocycles. The first kappa shape index (κ1) is 28.3. The third-order valence-corrected chi connectivity index (χ3v) is 8.00. The normalized spacial score (nSPS) is 21.5. The molecule has 0 spiro atoms. The highest BCUT2D eigenvalue weighted by Crippen LogP contribution is 2.23. The van der Waals surface area contributed by atoms with E-state index < -0.39 is 0 Å². The summed E-state index contributed by atoms with van der Waals surface area (Å²) in [6.45, 7) is 7.27. The van der Waals surface area contributed by atoms with Crippen molar-refractivity contribution in [2.45, 2.75) is 57.0 Å². The van der Waals surface area contributed by atoms with Gasteiger partial charge in [-0.05, 0) is 74.5 Å². The van der Waals surface area contributed by atoms with E-state index in [0.717, 1.165) is 51.0 Å². The van der Waals surface area contributed by atoms with Crippen molar-refractivity contribution in [3.05, 3.63) is 76.8 Å². The zero-order valence-corrected chi connectivity index (χ0v) is 23.2. The van der Waals surface area contributed by atoms with Crippen LogP contribution in [0, 0.1) is 0 Å². The van der Waals surface area contributed by atoms with Crippen molar-refractivity contribution in [1.82, 2.24) is 20.4 Å². The van der Waals surface area contributed by atoms with Gasteiger partial charge in [-0.1, -0.05) is 61.0 Å². The van der Waals surface area contributed by atoms with Crippen molar-refractivity contribution in [1.29, 1.82) is 0 Å². The Morgan fingerprint density at radius 3 is 2.55 bits per heavy atom. The van der Waals surface area contributed by atoms with Gasteiger partial charge in [0.1, 0.15) is 0 Å². The lowest BCUT2D eigenvalue weighted by atomic mass is 9.95. The average molecular weight is 537 g/mol. The summed E-state index contributed by atoms with van der Waals surface area (Å²) in [5, 5.41) is 7.32. The Morgan fingerprint density at radius 2 is 1.84 bits per heavy atom. The van der Waals surface area contributed by atoms with Gasteiger partial charge in [0.05, 0.1) is 6.04 Å². The highest BCUT2D eigenvalue weighted by atomic mass is 35.5. The Balaban J connectivity index is 1.38. The Labute approximate surface area is 232 Å². The molecule has 2 saturated heterocycles. The van der Waals surface area contributed by atoms with Gasteiger partial charge in [0.15, 0.2) is 0 Å². The zero-order chi connectivity index (χ0) is 26.7. The van der Waals surface area contributed by atoms with Gasteiger partial charge in [-0.3, -0.25) is 9.59 Å². The van der Waals surface area contributed by atoms with E-state index in [4.69, 9.17) is 11.6 Å². The molecule has 3 atom stereocenters. The van der Waals surface area contributed by atoms with E-state index in [9.17, 15) is 9.59 Å². The molecule has 2 aromatic rings. The van der Waals surface area contributed by atoms with Gasteiger partial charge in [-0.2, -0.15) is 0 Å². The monoisotopic (exact) mass is 536 g/mol. The third kappa shape index (κ3) is 8.42. The van der Waals surface area contributed by atoms with Crippen molar-refractivity contribution in [3.8, 4) is 0 Å². The van der Waals surface area contributed by atoms with Crippen LogP contribution >= 0.6 is 11.6 Å². The predicted octanol–water partition coefficient (Wildman–Crippen LogP) is 4.71. The first-order valence-electron chi connectivity index (χ1n) is 14.1. The molecule has 204 valence electrons. The molecule has 2 aliphatic heterocycles. The van der Waals surface area contributed by atoms with E-state index in [2.05, 4.69) is 51.6 Å². The summed E-state index contributed by atoms with van der Waals surface area (Å²) in [6.07, 6.45) is 8.39. The van der Waals surface area contributed by atoms with Gasteiger partial charge in [-0.15, -0.1) is 0 Å². The Hall–Kier alpha value is -2.67. The standard InChI is InChI=1S/C31H41ClN4O2/c1-2-25(26-8-4-3-5-9-26)23-36-21-16-28(34-29(31(36)38)17-20-35-18-6-7-19-35)22-33-30(37)15-12-24-10-13-27(32)14-11-24/h3-5,8-15,25,28-29,34H,2,6-7,16-23H2,1H3,(H,33,37)/t25?,28-,29-/m0/s1. The first-order chi connectivity index (χ1) is 18.5. The van der Waals surface area contributed by atoms with Crippen LogP contribution in [0.5, 0.6) is 0 Å². The summed E-state index contributed by atoms with van der Waals surface area (Å²) in [5.74, 6) is 0.363. The van der Waals surface area contributed by atoms with Crippen LogP contribution in [-0.2, 0) is 9.59 Å². The van der Waals surface area contributed by atoms with E-state index in [1.807, 2.05) is 18.2 Å². The largest absolute Gasteiger partial charge is 0.351 e. The molecule has 0 radical (unpaired) electrons. The van der Waals surface area contributed by atoms with E-state index in [-0.39, 0.29) is 23.9 Å². The van der Waals surface area contributed by atoms with Crippen LogP contribution in [0.2, 0.25) is 5.02 Å². The SMILES string of the molecule is CCC(CN1CC[C@@H](CNC(=O)C=Cc2ccc(Cl)cc2)N[C@@H](CCN2CCCC2)C1=O)c1ccccc1. The summed E-state index contributed by atoms with van der Waals surface area (Å²) in [5.41, 5.74) is 2.20. The van der Waals surface area contributed by atoms with Crippen molar-refractivity contribution in [3.63, 3.8) is 0 Å². The van der Waals surface area contributed by atoms with Gasteiger partial charge in [0.25, 0.3) is 0 Å². The second kappa shape index (κ2) is 14.5. The summed E-state index contributed by atoms with van der Waals surface area (Å²) < 4.78 is 0. The van der Waals surface area contributed by atoms with E-state index >= 15 is 0 Å². The fraction of sp³-hybridized carbons (Fsp3) is 0.484. The molecule has 7 heteroatoms. The average Bonchev–Trinajstić information content (AvgIpc) is 3.42. The van der Waals surface area contributed by atoms with Crippen LogP contribution < -0.4 is 10.6 Å². The molecule has 38 heavy (non-hydrogen) atoms. The van der Waals surface area contributed by atoms with Crippen molar-refractivity contribution in [2.24, 2.45) is 0 Å². The summed E-state index contributed by atoms with van der Waals surface area (Å²) >= 11 is 5.94. The van der Waals surface area contributed by atoms with E-state index in [1.54, 1.807) is 24.3 Å². The number of carbonyl (C=O) groups is 2. The molecule has 2 heterocycles. The minimum atomic E-state index is -0.238. The van der Waals surface area contributed by atoms with Gasteiger partial charge >= 0.3 is 0 Å². The maximum Gasteiger partial charge on any atom is 0.244 e. The maximum absolute atomic E-state index is 13.7. The van der Waals surface area contributed by atoms with Gasteiger partial charge in [-0.25, -0.2) is 0 Å². The maximum atomic E-state index is 13.7. The molecule has 4 rings (SSSR count). The fourth-order valence-electron chi connectivity index (χ4n) is 5.44. The molecule has 2 N–H and O–H groups in total. The topological polar surface area (TPSA) is 64.7 Å². The Morgan fingerprint density at radius 1 is 1.11 bits per heavy atom. The number of halogens is 1. The molecule has 0 aromatic heterocycles. The minimum Gasteiger partial charge on any atom is -0.351 e. The molecule has 1 unspecified atom stereocenters. The Bertz CT molecular complexity index is 1050. The van der Waals surface area contributed by atoms with Crippen molar-refractivity contribution >= 4 is 29.5 Å². The molecule has 6 nitrogen and oxygen atoms in total. The smallest absolute Gasteiger partial charge is 0.244 e. The Kier molecular flexibility index (Phi) is 10.8.